The fourth-order valence-electron chi connectivity index (χ4n) is 0.565. The van der Waals surface area contributed by atoms with Crippen molar-refractivity contribution in [3.8, 4) is 0 Å². The Balaban J connectivity index is 3.65. The van der Waals surface area contributed by atoms with Crippen molar-refractivity contribution >= 4 is 5.97 Å². The molecular weight excluding hydrogens is 132 g/mol. The number of hydrogen-bond acceptors (Lipinski definition) is 2. The average Bonchev–Trinajstić information content (AvgIpc) is 1.58. The summed E-state index contributed by atoms with van der Waals surface area (Å²) in [4.78, 5) is 10.0. The van der Waals surface area contributed by atoms with Gasteiger partial charge < -0.3 is 10.2 Å². The van der Waals surface area contributed by atoms with Crippen molar-refractivity contribution in [2.24, 2.45) is 0 Å². The molecular formula is C7H10O3. The molecule has 3 nitrogen and oxygen atoms in total. The predicted octanol–water partition coefficient (Wildman–Crippen LogP) is 1.48. The zero-order valence-corrected chi connectivity index (χ0v) is 5.63. The van der Waals surface area contributed by atoms with E-state index in [0.717, 1.165) is 0 Å². The Labute approximate surface area is 59.3 Å². The van der Waals surface area contributed by atoms with Crippen LogP contribution in [0.3, 0.4) is 0 Å². The molecule has 0 aromatic rings. The summed E-state index contributed by atoms with van der Waals surface area (Å²) in [5.41, 5.74) is 0.458. The summed E-state index contributed by atoms with van der Waals surface area (Å²) < 4.78 is 0. The van der Waals surface area contributed by atoms with E-state index in [0.29, 0.717) is 5.57 Å². The number of aliphatic carboxylic acids is 1. The molecule has 3 heteroatoms. The highest BCUT2D eigenvalue weighted by Gasteiger charge is 2.01. The van der Waals surface area contributed by atoms with Crippen molar-refractivity contribution in [3.63, 3.8) is 0 Å². The number of carboxylic acids is 1. The van der Waals surface area contributed by atoms with Crippen molar-refractivity contribution in [1.29, 1.82) is 0 Å². The first-order valence-electron chi connectivity index (χ1n) is 2.77. The van der Waals surface area contributed by atoms with Crippen molar-refractivity contribution in [2.45, 2.75) is 12.8 Å². The summed E-state index contributed by atoms with van der Waals surface area (Å²) in [6.45, 7) is 6.64. The minimum Gasteiger partial charge on any atom is -0.513 e. The summed E-state index contributed by atoms with van der Waals surface area (Å²) in [7, 11) is 0. The van der Waals surface area contributed by atoms with Gasteiger partial charge in [0.2, 0.25) is 0 Å². The molecule has 0 bridgehead atoms. The molecule has 0 unspecified atom stereocenters. The van der Waals surface area contributed by atoms with E-state index in [1.165, 1.54) is 0 Å². The summed E-state index contributed by atoms with van der Waals surface area (Å²) in [6, 6.07) is 0. The van der Waals surface area contributed by atoms with Gasteiger partial charge in [-0.05, 0) is 0 Å². The lowest BCUT2D eigenvalue weighted by Gasteiger charge is -1.98. The highest BCUT2D eigenvalue weighted by Crippen LogP contribution is 2.07. The van der Waals surface area contributed by atoms with Gasteiger partial charge in [-0.25, -0.2) is 0 Å². The Morgan fingerprint density at radius 2 is 1.70 bits per heavy atom. The summed E-state index contributed by atoms with van der Waals surface area (Å²) in [5, 5.41) is 16.8. The number of aliphatic hydroxyl groups is 1. The zero-order chi connectivity index (χ0) is 8.15. The van der Waals surface area contributed by atoms with E-state index in [-0.39, 0.29) is 18.6 Å². The number of hydrogen-bond donors (Lipinski definition) is 2. The van der Waals surface area contributed by atoms with Crippen molar-refractivity contribution in [1.82, 2.24) is 0 Å². The third-order valence-corrected chi connectivity index (χ3v) is 0.855. The molecule has 0 heterocycles. The van der Waals surface area contributed by atoms with E-state index in [1.54, 1.807) is 0 Å². The second-order valence-corrected chi connectivity index (χ2v) is 2.06. The van der Waals surface area contributed by atoms with E-state index in [1.807, 2.05) is 0 Å². The smallest absolute Gasteiger partial charge is 0.307 e. The normalized spacial score (nSPS) is 8.80. The van der Waals surface area contributed by atoms with Crippen LogP contribution in [0.1, 0.15) is 12.8 Å². The van der Waals surface area contributed by atoms with Gasteiger partial charge in [0.05, 0.1) is 12.2 Å². The maximum Gasteiger partial charge on any atom is 0.307 e. The predicted molar refractivity (Wildman–Crippen MR) is 37.8 cm³/mol. The van der Waals surface area contributed by atoms with Gasteiger partial charge in [-0.1, -0.05) is 18.7 Å². The van der Waals surface area contributed by atoms with Gasteiger partial charge >= 0.3 is 5.97 Å². The fraction of sp³-hybridized carbons (Fsp3) is 0.286. The van der Waals surface area contributed by atoms with Gasteiger partial charge in [0.1, 0.15) is 0 Å². The quantitative estimate of drug-likeness (QED) is 0.461. The van der Waals surface area contributed by atoms with Crippen molar-refractivity contribution in [2.75, 3.05) is 0 Å². The Bertz CT molecular complexity index is 152. The second kappa shape index (κ2) is 3.71. The molecule has 0 fully saturated rings. The lowest BCUT2D eigenvalue weighted by molar-refractivity contribution is -0.136. The largest absolute Gasteiger partial charge is 0.513 e. The van der Waals surface area contributed by atoms with Crippen LogP contribution < -0.4 is 0 Å². The Morgan fingerprint density at radius 1 is 1.20 bits per heavy atom. The summed E-state index contributed by atoms with van der Waals surface area (Å²) >= 11 is 0. The number of allylic oxidation sites excluding steroid dienone is 1. The molecule has 0 aliphatic heterocycles. The van der Waals surface area contributed by atoms with Gasteiger partial charge in [0, 0.05) is 6.42 Å². The SMILES string of the molecule is C=C(O)CC(=C)CC(=O)O. The van der Waals surface area contributed by atoms with E-state index >= 15 is 0 Å². The second-order valence-electron chi connectivity index (χ2n) is 2.06. The fourth-order valence-corrected chi connectivity index (χ4v) is 0.565. The number of carbonyl (C=O) groups is 1. The van der Waals surface area contributed by atoms with Gasteiger partial charge in [0.15, 0.2) is 0 Å². The summed E-state index contributed by atoms with van der Waals surface area (Å²) in [6.07, 6.45) is 0.0614. The minimum absolute atomic E-state index is 0.0498. The van der Waals surface area contributed by atoms with Gasteiger partial charge in [-0.2, -0.15) is 0 Å². The van der Waals surface area contributed by atoms with Gasteiger partial charge in [-0.3, -0.25) is 4.79 Å². The topological polar surface area (TPSA) is 57.5 Å². The lowest BCUT2D eigenvalue weighted by Crippen LogP contribution is -1.96. The van der Waals surface area contributed by atoms with Gasteiger partial charge in [0.25, 0.3) is 0 Å². The van der Waals surface area contributed by atoms with Crippen LogP contribution in [0.4, 0.5) is 0 Å². The van der Waals surface area contributed by atoms with Crippen molar-refractivity contribution in [3.05, 3.63) is 24.5 Å². The molecule has 0 aromatic heterocycles. The molecule has 0 saturated heterocycles. The van der Waals surface area contributed by atoms with Crippen LogP contribution >= 0.6 is 0 Å². The first-order chi connectivity index (χ1) is 4.52. The number of rotatable bonds is 4. The zero-order valence-electron chi connectivity index (χ0n) is 5.63. The first kappa shape index (κ1) is 8.75. The third kappa shape index (κ3) is 4.90. The van der Waals surface area contributed by atoms with E-state index in [2.05, 4.69) is 13.2 Å². The highest BCUT2D eigenvalue weighted by molar-refractivity contribution is 5.69. The van der Waals surface area contributed by atoms with E-state index in [9.17, 15) is 4.79 Å². The van der Waals surface area contributed by atoms with Gasteiger partial charge in [-0.15, -0.1) is 0 Å². The van der Waals surface area contributed by atoms with Crippen molar-refractivity contribution < 1.29 is 15.0 Å². The third-order valence-electron chi connectivity index (χ3n) is 0.855. The molecule has 0 aliphatic rings. The van der Waals surface area contributed by atoms with E-state index < -0.39 is 5.97 Å². The molecule has 0 aromatic carbocycles. The average molecular weight is 142 g/mol. The Morgan fingerprint density at radius 3 is 2.00 bits per heavy atom. The molecule has 0 rings (SSSR count). The molecule has 0 atom stereocenters. The van der Waals surface area contributed by atoms with Crippen LogP contribution in [0.2, 0.25) is 0 Å². The highest BCUT2D eigenvalue weighted by atomic mass is 16.4. The molecule has 0 amide bonds. The standard InChI is InChI=1S/C7H10O3/c1-5(3-6(2)8)4-7(9)10/h8H,1-4H2,(H,9,10). The number of carboxylic acid groups (broad SMARTS) is 1. The minimum atomic E-state index is -0.939. The van der Waals surface area contributed by atoms with Crippen LogP contribution in [0.25, 0.3) is 0 Å². The molecule has 0 aliphatic carbocycles. The van der Waals surface area contributed by atoms with E-state index in [4.69, 9.17) is 10.2 Å². The molecule has 0 spiro atoms. The maximum absolute atomic E-state index is 10.0. The molecule has 56 valence electrons. The summed E-state index contributed by atoms with van der Waals surface area (Å²) in [5.74, 6) is -0.988. The van der Waals surface area contributed by atoms with Crippen LogP contribution in [0.15, 0.2) is 24.5 Å². The Kier molecular flexibility index (Phi) is 3.25. The van der Waals surface area contributed by atoms with Crippen LogP contribution in [-0.4, -0.2) is 16.2 Å². The first-order valence-corrected chi connectivity index (χ1v) is 2.77. The van der Waals surface area contributed by atoms with Crippen LogP contribution in [0, 0.1) is 0 Å². The maximum atomic E-state index is 10.0. The Hall–Kier alpha value is -1.25. The lowest BCUT2D eigenvalue weighted by atomic mass is 10.1. The molecule has 0 saturated carbocycles. The molecule has 2 N–H and O–H groups in total. The van der Waals surface area contributed by atoms with Crippen LogP contribution in [-0.2, 0) is 4.79 Å². The van der Waals surface area contributed by atoms with Crippen LogP contribution in [0.5, 0.6) is 0 Å². The molecule has 0 radical (unpaired) electrons. The molecule has 10 heavy (non-hydrogen) atoms. The number of aliphatic hydroxyl groups excluding tert-OH is 1. The monoisotopic (exact) mass is 142 g/mol.